The number of methoxy groups -OCH3 is 1. The van der Waals surface area contributed by atoms with Gasteiger partial charge in [-0.2, -0.15) is 0 Å². The highest BCUT2D eigenvalue weighted by Gasteiger charge is 2.28. The molecule has 0 atom stereocenters. The molecule has 1 heterocycles. The zero-order chi connectivity index (χ0) is 23.8. The maximum Gasteiger partial charge on any atom is 0.354 e. The van der Waals surface area contributed by atoms with Gasteiger partial charge in [0.1, 0.15) is 5.69 Å². The molecule has 0 aliphatic carbocycles. The van der Waals surface area contributed by atoms with Crippen molar-refractivity contribution in [2.24, 2.45) is 0 Å². The number of Topliss-reactive ketones (excluding diaryl/α,β-unsaturated/α-hetero) is 1. The lowest BCUT2D eigenvalue weighted by molar-refractivity contribution is 0.0587. The molecular weight excluding hydrogens is 404 g/mol. The quantitative estimate of drug-likeness (QED) is 0.280. The minimum absolute atomic E-state index is 0.0381. The van der Waals surface area contributed by atoms with Gasteiger partial charge in [0.2, 0.25) is 0 Å². The molecule has 6 nitrogen and oxygen atoms in total. The van der Waals surface area contributed by atoms with E-state index in [9.17, 15) is 14.4 Å². The van der Waals surface area contributed by atoms with Crippen LogP contribution in [0.1, 0.15) is 88.1 Å². The fraction of sp³-hybridized carbons (Fsp3) is 0.500. The number of ketones is 1. The number of carbonyl (C=O) groups is 3. The summed E-state index contributed by atoms with van der Waals surface area (Å²) in [5.41, 5.74) is 4.00. The fourth-order valence-corrected chi connectivity index (χ4v) is 4.22. The molecule has 6 heteroatoms. The number of likely N-dealkylation sites (N-methyl/N-ethyl adjacent to an activating group) is 1. The van der Waals surface area contributed by atoms with Crippen molar-refractivity contribution in [2.75, 3.05) is 20.2 Å². The molecule has 0 saturated carbocycles. The van der Waals surface area contributed by atoms with Gasteiger partial charge in [0.15, 0.2) is 5.78 Å². The minimum atomic E-state index is -0.464. The van der Waals surface area contributed by atoms with Crippen LogP contribution in [0.4, 0.5) is 0 Å². The lowest BCUT2D eigenvalue weighted by Gasteiger charge is -2.20. The van der Waals surface area contributed by atoms with E-state index < -0.39 is 5.97 Å². The summed E-state index contributed by atoms with van der Waals surface area (Å²) in [5.74, 6) is -0.808. The summed E-state index contributed by atoms with van der Waals surface area (Å²) in [4.78, 5) is 40.1. The highest BCUT2D eigenvalue weighted by atomic mass is 16.5. The minimum Gasteiger partial charge on any atom is -0.464 e. The fourth-order valence-electron chi connectivity index (χ4n) is 4.22. The molecule has 0 saturated heterocycles. The van der Waals surface area contributed by atoms with Crippen LogP contribution in [0.2, 0.25) is 0 Å². The summed E-state index contributed by atoms with van der Waals surface area (Å²) >= 11 is 0. The predicted molar refractivity (Wildman–Crippen MR) is 126 cm³/mol. The Hall–Kier alpha value is -2.89. The number of aromatic nitrogens is 1. The monoisotopic (exact) mass is 440 g/mol. The molecule has 0 aliphatic rings. The Morgan fingerprint density at radius 1 is 1.00 bits per heavy atom. The molecule has 0 spiro atoms. The smallest absolute Gasteiger partial charge is 0.354 e. The number of esters is 1. The summed E-state index contributed by atoms with van der Waals surface area (Å²) < 4.78 is 6.71. The van der Waals surface area contributed by atoms with Gasteiger partial charge in [0.25, 0.3) is 5.91 Å². The molecule has 0 radical (unpaired) electrons. The molecule has 0 bridgehead atoms. The second-order valence-corrected chi connectivity index (χ2v) is 8.07. The van der Waals surface area contributed by atoms with E-state index in [2.05, 4.69) is 6.92 Å². The summed E-state index contributed by atoms with van der Waals surface area (Å²) in [6, 6.07) is 7.68. The van der Waals surface area contributed by atoms with Crippen LogP contribution >= 0.6 is 0 Å². The first-order chi connectivity index (χ1) is 15.3. The maximum atomic E-state index is 13.2. The number of amides is 1. The van der Waals surface area contributed by atoms with Crippen LogP contribution in [0, 0.1) is 13.8 Å². The number of aryl methyl sites for hydroxylation is 1. The predicted octanol–water partition coefficient (Wildman–Crippen LogP) is 4.99. The third kappa shape index (κ3) is 5.47. The Bertz CT molecular complexity index is 957. The van der Waals surface area contributed by atoms with Crippen molar-refractivity contribution < 1.29 is 19.1 Å². The molecule has 1 amide bonds. The summed E-state index contributed by atoms with van der Waals surface area (Å²) in [6.45, 7) is 10.5. The maximum absolute atomic E-state index is 13.2. The van der Waals surface area contributed by atoms with Gasteiger partial charge < -0.3 is 14.2 Å². The average Bonchev–Trinajstić information content (AvgIpc) is 3.06. The number of nitrogens with zero attached hydrogens (tertiary/aromatic N) is 2. The van der Waals surface area contributed by atoms with Crippen molar-refractivity contribution in [3.63, 3.8) is 0 Å². The number of ether oxygens (including phenoxy) is 1. The third-order valence-electron chi connectivity index (χ3n) is 6.01. The van der Waals surface area contributed by atoms with E-state index in [1.807, 2.05) is 45.0 Å². The van der Waals surface area contributed by atoms with E-state index in [0.29, 0.717) is 35.5 Å². The number of rotatable bonds is 11. The molecule has 32 heavy (non-hydrogen) atoms. The van der Waals surface area contributed by atoms with Crippen LogP contribution in [0.25, 0.3) is 0 Å². The Morgan fingerprint density at radius 2 is 1.66 bits per heavy atom. The molecule has 2 rings (SSSR count). The Balaban J connectivity index is 2.22. The van der Waals surface area contributed by atoms with Crippen molar-refractivity contribution in [1.29, 1.82) is 0 Å². The Labute approximate surface area is 191 Å². The molecule has 0 fully saturated rings. The van der Waals surface area contributed by atoms with Crippen LogP contribution < -0.4 is 0 Å². The van der Waals surface area contributed by atoms with E-state index in [1.165, 1.54) is 25.5 Å². The van der Waals surface area contributed by atoms with Gasteiger partial charge in [-0.05, 0) is 63.8 Å². The second-order valence-electron chi connectivity index (χ2n) is 8.07. The Morgan fingerprint density at radius 3 is 2.19 bits per heavy atom. The zero-order valence-corrected chi connectivity index (χ0v) is 20.3. The van der Waals surface area contributed by atoms with Gasteiger partial charge in [-0.25, -0.2) is 4.79 Å². The molecular formula is C26H36N2O4. The normalized spacial score (nSPS) is 10.8. The lowest BCUT2D eigenvalue weighted by Crippen LogP contribution is -2.35. The topological polar surface area (TPSA) is 68.6 Å². The number of unbranched alkanes of at least 4 members (excludes halogenated alkanes) is 2. The van der Waals surface area contributed by atoms with E-state index in [-0.39, 0.29) is 18.2 Å². The van der Waals surface area contributed by atoms with Crippen LogP contribution in [0.5, 0.6) is 0 Å². The van der Waals surface area contributed by atoms with Crippen LogP contribution in [-0.2, 0) is 17.7 Å². The first-order valence-corrected chi connectivity index (χ1v) is 11.5. The van der Waals surface area contributed by atoms with E-state index in [4.69, 9.17) is 4.74 Å². The van der Waals surface area contributed by atoms with Gasteiger partial charge in [-0.15, -0.1) is 0 Å². The lowest BCUT2D eigenvalue weighted by atomic mass is 10.0. The van der Waals surface area contributed by atoms with Gasteiger partial charge in [-0.3, -0.25) is 9.59 Å². The first-order valence-electron chi connectivity index (χ1n) is 11.5. The second kappa shape index (κ2) is 11.7. The SMILES string of the molecule is CCCCCc1ccc(C(=O)N(CC)CC(=O)c2c(C)c(C(=O)OC)n(CC)c2C)cc1. The van der Waals surface area contributed by atoms with Gasteiger partial charge in [0, 0.05) is 29.9 Å². The molecule has 0 N–H and O–H groups in total. The highest BCUT2D eigenvalue weighted by molar-refractivity contribution is 6.06. The van der Waals surface area contributed by atoms with Crippen molar-refractivity contribution in [3.05, 3.63) is 57.9 Å². The van der Waals surface area contributed by atoms with Gasteiger partial charge >= 0.3 is 5.97 Å². The summed E-state index contributed by atoms with van der Waals surface area (Å²) in [6.07, 6.45) is 4.53. The van der Waals surface area contributed by atoms with E-state index in [0.717, 1.165) is 18.5 Å². The van der Waals surface area contributed by atoms with Crippen molar-refractivity contribution in [2.45, 2.75) is 66.8 Å². The number of benzene rings is 1. The summed E-state index contributed by atoms with van der Waals surface area (Å²) in [7, 11) is 1.33. The van der Waals surface area contributed by atoms with Crippen molar-refractivity contribution in [3.8, 4) is 0 Å². The average molecular weight is 441 g/mol. The van der Waals surface area contributed by atoms with Crippen molar-refractivity contribution in [1.82, 2.24) is 9.47 Å². The Kier molecular flexibility index (Phi) is 9.24. The third-order valence-corrected chi connectivity index (χ3v) is 6.01. The zero-order valence-electron chi connectivity index (χ0n) is 20.3. The van der Waals surface area contributed by atoms with Crippen LogP contribution in [0.3, 0.4) is 0 Å². The molecule has 0 aliphatic heterocycles. The molecule has 174 valence electrons. The van der Waals surface area contributed by atoms with E-state index >= 15 is 0 Å². The number of carbonyl (C=O) groups excluding carboxylic acids is 3. The first kappa shape index (κ1) is 25.4. The molecule has 0 unspecified atom stereocenters. The van der Waals surface area contributed by atoms with E-state index in [1.54, 1.807) is 16.4 Å². The molecule has 1 aromatic heterocycles. The van der Waals surface area contributed by atoms with Crippen LogP contribution in [-0.4, -0.2) is 47.3 Å². The molecule has 2 aromatic rings. The number of hydrogen-bond donors (Lipinski definition) is 0. The largest absolute Gasteiger partial charge is 0.464 e. The molecule has 1 aromatic carbocycles. The number of hydrogen-bond acceptors (Lipinski definition) is 4. The highest BCUT2D eigenvalue weighted by Crippen LogP contribution is 2.24. The van der Waals surface area contributed by atoms with Gasteiger partial charge in [0.05, 0.1) is 13.7 Å². The van der Waals surface area contributed by atoms with Crippen LogP contribution in [0.15, 0.2) is 24.3 Å². The summed E-state index contributed by atoms with van der Waals surface area (Å²) in [5, 5.41) is 0. The standard InChI is InChI=1S/C26H36N2O4/c1-7-10-11-12-20-13-15-21(16-14-20)25(30)27(8-2)17-22(29)23-18(4)24(26(31)32-6)28(9-3)19(23)5/h13-16H,7-12,17H2,1-6H3. The van der Waals surface area contributed by atoms with Crippen molar-refractivity contribution >= 4 is 17.7 Å². The van der Waals surface area contributed by atoms with Gasteiger partial charge in [-0.1, -0.05) is 31.9 Å².